The van der Waals surface area contributed by atoms with Crippen molar-refractivity contribution in [2.45, 2.75) is 57.2 Å². The van der Waals surface area contributed by atoms with Crippen molar-refractivity contribution >= 4 is 39.3 Å². The van der Waals surface area contributed by atoms with Gasteiger partial charge in [-0.3, -0.25) is 9.48 Å². The number of nitrogens with one attached hydrogen (secondary N) is 3. The van der Waals surface area contributed by atoms with E-state index < -0.39 is 0 Å². The first-order chi connectivity index (χ1) is 16.9. The Bertz CT molecular complexity index is 1040. The Kier molecular flexibility index (Phi) is 7.26. The molecular weight excluding hydrogens is 510 g/mol. The van der Waals surface area contributed by atoms with Crippen molar-refractivity contribution < 1.29 is 4.79 Å². The van der Waals surface area contributed by atoms with Gasteiger partial charge in [0, 0.05) is 50.7 Å². The lowest BCUT2D eigenvalue weighted by atomic mass is 9.98. The van der Waals surface area contributed by atoms with E-state index in [1.54, 1.807) is 6.20 Å². The number of aryl methyl sites for hydroxylation is 1. The van der Waals surface area contributed by atoms with Crippen molar-refractivity contribution in [3.05, 3.63) is 22.6 Å². The predicted molar refractivity (Wildman–Crippen MR) is 140 cm³/mol. The average Bonchev–Trinajstić information content (AvgIpc) is 3.25. The summed E-state index contributed by atoms with van der Waals surface area (Å²) in [5, 5.41) is 14.5. The second-order valence-electron chi connectivity index (χ2n) is 10.3. The second-order valence-corrected chi connectivity index (χ2v) is 11.1. The molecule has 0 spiro atoms. The number of likely N-dealkylation sites (tertiary alicyclic amines) is 1. The Morgan fingerprint density at radius 2 is 1.89 bits per heavy atom. The molecule has 5 heterocycles. The van der Waals surface area contributed by atoms with E-state index in [0.717, 1.165) is 54.0 Å². The summed E-state index contributed by atoms with van der Waals surface area (Å²) in [6.07, 6.45) is 9.60. The van der Waals surface area contributed by atoms with E-state index in [9.17, 15) is 4.79 Å². The maximum absolute atomic E-state index is 12.1. The molecule has 11 heteroatoms. The zero-order valence-corrected chi connectivity index (χ0v) is 22.4. The predicted octanol–water partition coefficient (Wildman–Crippen LogP) is 2.77. The number of amides is 1. The van der Waals surface area contributed by atoms with Crippen LogP contribution < -0.4 is 16.0 Å². The number of rotatable bonds is 9. The largest absolute Gasteiger partial charge is 0.369 e. The van der Waals surface area contributed by atoms with Crippen LogP contribution in [0.5, 0.6) is 0 Å². The molecule has 2 unspecified atom stereocenters. The van der Waals surface area contributed by atoms with Gasteiger partial charge in [0.1, 0.15) is 5.82 Å². The van der Waals surface area contributed by atoms with Crippen LogP contribution in [0.1, 0.15) is 43.8 Å². The van der Waals surface area contributed by atoms with Crippen LogP contribution in [-0.4, -0.2) is 87.8 Å². The van der Waals surface area contributed by atoms with E-state index in [0.29, 0.717) is 37.2 Å². The van der Waals surface area contributed by atoms with E-state index in [1.165, 1.54) is 12.8 Å². The van der Waals surface area contributed by atoms with Crippen LogP contribution in [0.2, 0.25) is 0 Å². The number of carbonyl (C=O) groups is 1. The number of nitrogens with zero attached hydrogens (tertiary/aromatic N) is 6. The molecule has 0 aliphatic carbocycles. The third kappa shape index (κ3) is 5.46. The van der Waals surface area contributed by atoms with Gasteiger partial charge in [0.05, 0.1) is 27.8 Å². The molecule has 10 nitrogen and oxygen atoms in total. The summed E-state index contributed by atoms with van der Waals surface area (Å²) in [6, 6.07) is 1.80. The van der Waals surface area contributed by atoms with Gasteiger partial charge in [0.2, 0.25) is 11.9 Å². The van der Waals surface area contributed by atoms with E-state index in [2.05, 4.69) is 69.6 Å². The van der Waals surface area contributed by atoms with Crippen LogP contribution in [-0.2, 0) is 4.79 Å². The quantitative estimate of drug-likeness (QED) is 0.413. The van der Waals surface area contributed by atoms with Gasteiger partial charge >= 0.3 is 0 Å². The number of hydrogen-bond acceptors (Lipinski definition) is 8. The van der Waals surface area contributed by atoms with Gasteiger partial charge in [-0.15, -0.1) is 0 Å². The molecule has 3 aliphatic rings. The van der Waals surface area contributed by atoms with Gasteiger partial charge in [-0.05, 0) is 69.1 Å². The molecule has 0 radical (unpaired) electrons. The Morgan fingerprint density at radius 3 is 2.60 bits per heavy atom. The van der Waals surface area contributed by atoms with Gasteiger partial charge in [-0.1, -0.05) is 0 Å². The summed E-state index contributed by atoms with van der Waals surface area (Å²) in [7, 11) is 4.29. The second kappa shape index (κ2) is 10.4. The molecule has 3 N–H and O–H groups in total. The molecule has 3 saturated heterocycles. The van der Waals surface area contributed by atoms with Gasteiger partial charge in [0.15, 0.2) is 0 Å². The summed E-state index contributed by atoms with van der Waals surface area (Å²) in [6.45, 7) is 5.08. The van der Waals surface area contributed by atoms with E-state index in [4.69, 9.17) is 5.10 Å². The number of anilines is 3. The molecule has 2 atom stereocenters. The zero-order valence-electron chi connectivity index (χ0n) is 20.8. The Labute approximate surface area is 215 Å². The molecule has 3 aliphatic heterocycles. The average molecular weight is 547 g/mol. The van der Waals surface area contributed by atoms with E-state index in [1.807, 2.05) is 14.0 Å². The summed E-state index contributed by atoms with van der Waals surface area (Å²) in [5.74, 6) is 1.55. The van der Waals surface area contributed by atoms with Gasteiger partial charge in [-0.2, -0.15) is 10.1 Å². The highest BCUT2D eigenvalue weighted by atomic mass is 79.9. The normalized spacial score (nSPS) is 24.9. The van der Waals surface area contributed by atoms with Gasteiger partial charge in [0.25, 0.3) is 0 Å². The number of piperidine rings is 1. The molecule has 190 valence electrons. The highest BCUT2D eigenvalue weighted by molar-refractivity contribution is 9.10. The summed E-state index contributed by atoms with van der Waals surface area (Å²) in [5.41, 5.74) is 1.89. The van der Waals surface area contributed by atoms with Crippen molar-refractivity contribution in [3.8, 4) is 0 Å². The minimum absolute atomic E-state index is 0.139. The van der Waals surface area contributed by atoms with Gasteiger partial charge < -0.3 is 25.8 Å². The number of aromatic nitrogens is 4. The highest BCUT2D eigenvalue weighted by Gasteiger charge is 2.39. The van der Waals surface area contributed by atoms with Crippen LogP contribution in [0.15, 0.2) is 16.9 Å². The third-order valence-corrected chi connectivity index (χ3v) is 8.32. The molecule has 1 amide bonds. The first kappa shape index (κ1) is 24.5. The molecule has 35 heavy (non-hydrogen) atoms. The van der Waals surface area contributed by atoms with Crippen LogP contribution in [0.25, 0.3) is 0 Å². The van der Waals surface area contributed by atoms with Crippen LogP contribution in [0.4, 0.5) is 17.5 Å². The SMILES string of the molecule is Cc1nn(C2CC3CCC(C2)N3C)cc1Nc1ncc(Br)c(NCCCNC(=O)C2CN(C)C2)n1. The lowest BCUT2D eigenvalue weighted by Crippen LogP contribution is -2.51. The smallest absolute Gasteiger partial charge is 0.229 e. The van der Waals surface area contributed by atoms with Crippen LogP contribution in [0, 0.1) is 12.8 Å². The lowest BCUT2D eigenvalue weighted by Gasteiger charge is -2.36. The van der Waals surface area contributed by atoms with Crippen molar-refractivity contribution in [1.82, 2.24) is 34.9 Å². The number of halogens is 1. The molecule has 5 rings (SSSR count). The fourth-order valence-electron chi connectivity index (χ4n) is 5.58. The topological polar surface area (TPSA) is 103 Å². The van der Waals surface area contributed by atoms with E-state index >= 15 is 0 Å². The van der Waals surface area contributed by atoms with Gasteiger partial charge in [-0.25, -0.2) is 4.98 Å². The van der Waals surface area contributed by atoms with Crippen LogP contribution >= 0.6 is 15.9 Å². The first-order valence-electron chi connectivity index (χ1n) is 12.6. The maximum atomic E-state index is 12.1. The molecule has 2 aromatic rings. The van der Waals surface area contributed by atoms with Crippen molar-refractivity contribution in [3.63, 3.8) is 0 Å². The molecule has 2 bridgehead atoms. The molecule has 0 saturated carbocycles. The minimum Gasteiger partial charge on any atom is -0.369 e. The molecular formula is C24H36BrN9O. The number of hydrogen-bond donors (Lipinski definition) is 3. The summed E-state index contributed by atoms with van der Waals surface area (Å²) < 4.78 is 2.95. The maximum Gasteiger partial charge on any atom is 0.229 e. The standard InChI is InChI=1S/C24H36BrN9O/c1-15-21(14-34(31-15)19-9-17-5-6-18(10-19)33(17)3)29-24-28-11-20(25)22(30-24)26-7-4-8-27-23(35)16-12-32(2)13-16/h11,14,16-19H,4-10,12-13H2,1-3H3,(H,27,35)(H2,26,28,29,30). The number of fused-ring (bicyclic) bond motifs is 2. The third-order valence-electron chi connectivity index (χ3n) is 7.73. The fourth-order valence-corrected chi connectivity index (χ4v) is 5.91. The van der Waals surface area contributed by atoms with Crippen molar-refractivity contribution in [1.29, 1.82) is 0 Å². The van der Waals surface area contributed by atoms with E-state index in [-0.39, 0.29) is 11.8 Å². The monoisotopic (exact) mass is 545 g/mol. The molecule has 0 aromatic carbocycles. The molecule has 2 aromatic heterocycles. The highest BCUT2D eigenvalue weighted by Crippen LogP contribution is 2.40. The van der Waals surface area contributed by atoms with Crippen molar-refractivity contribution in [2.24, 2.45) is 5.92 Å². The molecule has 3 fully saturated rings. The summed E-state index contributed by atoms with van der Waals surface area (Å²) >= 11 is 3.53. The Balaban J connectivity index is 1.13. The van der Waals surface area contributed by atoms with Crippen molar-refractivity contribution in [2.75, 3.05) is 50.9 Å². The summed E-state index contributed by atoms with van der Waals surface area (Å²) in [4.78, 5) is 25.8. The fraction of sp³-hybridized carbons (Fsp3) is 0.667. The zero-order chi connectivity index (χ0) is 24.5. The lowest BCUT2D eigenvalue weighted by molar-refractivity contribution is -0.129. The Morgan fingerprint density at radius 1 is 1.14 bits per heavy atom. The van der Waals surface area contributed by atoms with Crippen LogP contribution in [0.3, 0.4) is 0 Å². The Hall–Kier alpha value is -2.24. The minimum atomic E-state index is 0.139. The number of carbonyl (C=O) groups excluding carboxylic acids is 1. The first-order valence-corrected chi connectivity index (χ1v) is 13.4.